The van der Waals surface area contributed by atoms with E-state index in [9.17, 15) is 9.90 Å². The summed E-state index contributed by atoms with van der Waals surface area (Å²) < 4.78 is 4.84. The number of aliphatic hydroxyl groups is 1. The Labute approximate surface area is 79.1 Å². The molecular formula is C10H18O3. The van der Waals surface area contributed by atoms with Gasteiger partial charge in [0.25, 0.3) is 0 Å². The SMILES string of the molecule is CC(=O)OCCC1CCCCC1O. The average molecular weight is 186 g/mol. The van der Waals surface area contributed by atoms with Crippen molar-refractivity contribution in [2.24, 2.45) is 5.92 Å². The van der Waals surface area contributed by atoms with Crippen LogP contribution in [0.5, 0.6) is 0 Å². The van der Waals surface area contributed by atoms with Gasteiger partial charge in [-0.2, -0.15) is 0 Å². The van der Waals surface area contributed by atoms with E-state index in [2.05, 4.69) is 0 Å². The van der Waals surface area contributed by atoms with Gasteiger partial charge in [0.15, 0.2) is 0 Å². The fourth-order valence-electron chi connectivity index (χ4n) is 1.88. The molecule has 0 heterocycles. The first-order valence-corrected chi connectivity index (χ1v) is 5.01. The second kappa shape index (κ2) is 5.22. The van der Waals surface area contributed by atoms with E-state index in [1.54, 1.807) is 0 Å². The molecule has 0 radical (unpaired) electrons. The third-order valence-corrected chi connectivity index (χ3v) is 2.66. The van der Waals surface area contributed by atoms with Crippen LogP contribution in [0.1, 0.15) is 39.0 Å². The Morgan fingerprint density at radius 3 is 2.77 bits per heavy atom. The van der Waals surface area contributed by atoms with E-state index in [1.807, 2.05) is 0 Å². The topological polar surface area (TPSA) is 46.5 Å². The third-order valence-electron chi connectivity index (χ3n) is 2.66. The predicted molar refractivity (Wildman–Crippen MR) is 49.2 cm³/mol. The Bertz CT molecular complexity index is 168. The molecule has 0 saturated heterocycles. The minimum Gasteiger partial charge on any atom is -0.466 e. The molecule has 1 aliphatic carbocycles. The van der Waals surface area contributed by atoms with Crippen molar-refractivity contribution in [3.05, 3.63) is 0 Å². The Kier molecular flexibility index (Phi) is 4.22. The number of esters is 1. The average Bonchev–Trinajstić information content (AvgIpc) is 2.08. The highest BCUT2D eigenvalue weighted by molar-refractivity contribution is 5.65. The lowest BCUT2D eigenvalue weighted by Gasteiger charge is -2.27. The molecule has 76 valence electrons. The number of aliphatic hydroxyl groups excluding tert-OH is 1. The number of hydrogen-bond donors (Lipinski definition) is 1. The maximum absolute atomic E-state index is 10.5. The van der Waals surface area contributed by atoms with Gasteiger partial charge in [0, 0.05) is 6.92 Å². The standard InChI is InChI=1S/C10H18O3/c1-8(11)13-7-6-9-4-2-3-5-10(9)12/h9-10,12H,2-7H2,1H3. The second-order valence-corrected chi connectivity index (χ2v) is 3.74. The van der Waals surface area contributed by atoms with E-state index in [0.29, 0.717) is 12.5 Å². The summed E-state index contributed by atoms with van der Waals surface area (Å²) in [6.07, 6.45) is 4.94. The number of ether oxygens (including phenoxy) is 1. The summed E-state index contributed by atoms with van der Waals surface area (Å²) in [5.74, 6) is 0.110. The maximum Gasteiger partial charge on any atom is 0.302 e. The van der Waals surface area contributed by atoms with Crippen molar-refractivity contribution in [3.8, 4) is 0 Å². The van der Waals surface area contributed by atoms with Crippen LogP contribution >= 0.6 is 0 Å². The highest BCUT2D eigenvalue weighted by Gasteiger charge is 2.22. The summed E-state index contributed by atoms with van der Waals surface area (Å²) in [7, 11) is 0. The normalized spacial score (nSPS) is 28.5. The van der Waals surface area contributed by atoms with E-state index < -0.39 is 0 Å². The lowest BCUT2D eigenvalue weighted by Crippen LogP contribution is -2.25. The number of rotatable bonds is 3. The van der Waals surface area contributed by atoms with Crippen molar-refractivity contribution in [2.75, 3.05) is 6.61 Å². The quantitative estimate of drug-likeness (QED) is 0.679. The van der Waals surface area contributed by atoms with E-state index in [0.717, 1.165) is 25.7 Å². The van der Waals surface area contributed by atoms with Gasteiger partial charge in [0.2, 0.25) is 0 Å². The number of carbonyl (C=O) groups excluding carboxylic acids is 1. The van der Waals surface area contributed by atoms with Crippen LogP contribution in [0.2, 0.25) is 0 Å². The zero-order chi connectivity index (χ0) is 9.68. The predicted octanol–water partition coefficient (Wildman–Crippen LogP) is 1.49. The number of carbonyl (C=O) groups is 1. The minimum atomic E-state index is -0.231. The molecule has 2 atom stereocenters. The summed E-state index contributed by atoms with van der Waals surface area (Å²) in [5.41, 5.74) is 0. The molecule has 0 amide bonds. The molecule has 0 aliphatic heterocycles. The molecule has 1 fully saturated rings. The molecule has 1 saturated carbocycles. The summed E-state index contributed by atoms with van der Waals surface area (Å²) in [4.78, 5) is 10.5. The molecule has 0 aromatic rings. The third kappa shape index (κ3) is 3.77. The van der Waals surface area contributed by atoms with Crippen LogP contribution in [0.15, 0.2) is 0 Å². The van der Waals surface area contributed by atoms with Crippen molar-refractivity contribution >= 4 is 5.97 Å². The molecule has 0 aromatic heterocycles. The van der Waals surface area contributed by atoms with Crippen molar-refractivity contribution in [2.45, 2.75) is 45.1 Å². The summed E-state index contributed by atoms with van der Waals surface area (Å²) in [6.45, 7) is 1.87. The van der Waals surface area contributed by atoms with Crippen molar-refractivity contribution < 1.29 is 14.6 Å². The number of hydrogen-bond acceptors (Lipinski definition) is 3. The molecule has 2 unspecified atom stereocenters. The smallest absolute Gasteiger partial charge is 0.302 e. The highest BCUT2D eigenvalue weighted by atomic mass is 16.5. The van der Waals surface area contributed by atoms with Crippen molar-refractivity contribution in [1.29, 1.82) is 0 Å². The minimum absolute atomic E-state index is 0.177. The van der Waals surface area contributed by atoms with Gasteiger partial charge in [-0.05, 0) is 25.2 Å². The molecule has 0 aromatic carbocycles. The van der Waals surface area contributed by atoms with Crippen LogP contribution in [-0.4, -0.2) is 23.8 Å². The maximum atomic E-state index is 10.5. The zero-order valence-electron chi connectivity index (χ0n) is 8.16. The highest BCUT2D eigenvalue weighted by Crippen LogP contribution is 2.26. The van der Waals surface area contributed by atoms with E-state index >= 15 is 0 Å². The van der Waals surface area contributed by atoms with Crippen LogP contribution in [0.3, 0.4) is 0 Å². The van der Waals surface area contributed by atoms with Gasteiger partial charge in [-0.3, -0.25) is 4.79 Å². The first-order chi connectivity index (χ1) is 6.20. The van der Waals surface area contributed by atoms with Crippen LogP contribution in [0, 0.1) is 5.92 Å². The molecule has 3 nitrogen and oxygen atoms in total. The summed E-state index contributed by atoms with van der Waals surface area (Å²) >= 11 is 0. The van der Waals surface area contributed by atoms with E-state index in [4.69, 9.17) is 4.74 Å². The molecule has 1 N–H and O–H groups in total. The fourth-order valence-corrected chi connectivity index (χ4v) is 1.88. The Hall–Kier alpha value is -0.570. The first-order valence-electron chi connectivity index (χ1n) is 5.01. The van der Waals surface area contributed by atoms with E-state index in [1.165, 1.54) is 13.3 Å². The van der Waals surface area contributed by atoms with Gasteiger partial charge in [0.05, 0.1) is 12.7 Å². The van der Waals surface area contributed by atoms with Gasteiger partial charge in [-0.1, -0.05) is 12.8 Å². The Morgan fingerprint density at radius 2 is 2.15 bits per heavy atom. The van der Waals surface area contributed by atoms with Crippen LogP contribution in [0.4, 0.5) is 0 Å². The fraction of sp³-hybridized carbons (Fsp3) is 0.900. The monoisotopic (exact) mass is 186 g/mol. The summed E-state index contributed by atoms with van der Waals surface area (Å²) in [5, 5.41) is 9.59. The molecule has 13 heavy (non-hydrogen) atoms. The van der Waals surface area contributed by atoms with Crippen molar-refractivity contribution in [3.63, 3.8) is 0 Å². The molecular weight excluding hydrogens is 168 g/mol. The van der Waals surface area contributed by atoms with Gasteiger partial charge in [-0.15, -0.1) is 0 Å². The van der Waals surface area contributed by atoms with Gasteiger partial charge >= 0.3 is 5.97 Å². The Balaban J connectivity index is 2.15. The zero-order valence-corrected chi connectivity index (χ0v) is 8.16. The Morgan fingerprint density at radius 1 is 1.46 bits per heavy atom. The lowest BCUT2D eigenvalue weighted by molar-refractivity contribution is -0.141. The molecule has 1 aliphatic rings. The first kappa shape index (κ1) is 10.5. The van der Waals surface area contributed by atoms with Crippen molar-refractivity contribution in [1.82, 2.24) is 0 Å². The van der Waals surface area contributed by atoms with E-state index in [-0.39, 0.29) is 12.1 Å². The summed E-state index contributed by atoms with van der Waals surface area (Å²) in [6, 6.07) is 0. The van der Waals surface area contributed by atoms with Crippen LogP contribution in [0.25, 0.3) is 0 Å². The lowest BCUT2D eigenvalue weighted by atomic mass is 9.85. The molecule has 3 heteroatoms. The van der Waals surface area contributed by atoms with Crippen LogP contribution in [-0.2, 0) is 9.53 Å². The van der Waals surface area contributed by atoms with Crippen LogP contribution < -0.4 is 0 Å². The van der Waals surface area contributed by atoms with Gasteiger partial charge < -0.3 is 9.84 Å². The van der Waals surface area contributed by atoms with Gasteiger partial charge in [0.1, 0.15) is 0 Å². The largest absolute Gasteiger partial charge is 0.466 e. The molecule has 0 spiro atoms. The molecule has 0 bridgehead atoms. The molecule has 1 rings (SSSR count). The van der Waals surface area contributed by atoms with Gasteiger partial charge in [-0.25, -0.2) is 0 Å². The second-order valence-electron chi connectivity index (χ2n) is 3.74.